The molecule has 15 heavy (non-hydrogen) atoms. The molecule has 0 atom stereocenters. The molecular weight excluding hydrogens is 198 g/mol. The molecule has 0 fully saturated rings. The fourth-order valence-electron chi connectivity index (χ4n) is 1.11. The van der Waals surface area contributed by atoms with Crippen molar-refractivity contribution in [3.05, 3.63) is 0 Å². The predicted octanol–water partition coefficient (Wildman–Crippen LogP) is 0.520. The normalized spacial score (nSPS) is 9.93. The maximum absolute atomic E-state index is 11.1. The predicted molar refractivity (Wildman–Crippen MR) is 55.4 cm³/mol. The number of carbonyl (C=O) groups is 2. The highest BCUT2D eigenvalue weighted by molar-refractivity contribution is 5.75. The average Bonchev–Trinajstić information content (AvgIpc) is 2.19. The van der Waals surface area contributed by atoms with Crippen LogP contribution in [0.25, 0.3) is 0 Å². The molecule has 0 aliphatic carbocycles. The minimum atomic E-state index is -0.821. The van der Waals surface area contributed by atoms with Crippen LogP contribution in [0.1, 0.15) is 38.5 Å². The van der Waals surface area contributed by atoms with Gasteiger partial charge < -0.3 is 15.5 Å². The zero-order valence-corrected chi connectivity index (χ0v) is 8.87. The number of unbranched alkanes of at least 4 members (excludes halogenated alkanes) is 2. The van der Waals surface area contributed by atoms with Gasteiger partial charge in [-0.1, -0.05) is 0 Å². The second kappa shape index (κ2) is 9.45. The smallest absolute Gasteiger partial charge is 0.303 e. The van der Waals surface area contributed by atoms with E-state index in [1.54, 1.807) is 0 Å². The van der Waals surface area contributed by atoms with Gasteiger partial charge in [0.2, 0.25) is 5.91 Å². The highest BCUT2D eigenvalue weighted by Gasteiger charge is 2.01. The Kier molecular flexibility index (Phi) is 8.76. The monoisotopic (exact) mass is 217 g/mol. The summed E-state index contributed by atoms with van der Waals surface area (Å²) in [6.07, 6.45) is 3.12. The van der Waals surface area contributed by atoms with Crippen LogP contribution in [0.4, 0.5) is 0 Å². The number of carbonyl (C=O) groups excluding carboxylic acids is 1. The van der Waals surface area contributed by atoms with Crippen molar-refractivity contribution >= 4 is 11.9 Å². The van der Waals surface area contributed by atoms with Crippen molar-refractivity contribution in [1.82, 2.24) is 5.32 Å². The van der Waals surface area contributed by atoms with Crippen LogP contribution in [0, 0.1) is 0 Å². The number of aliphatic hydroxyl groups is 1. The van der Waals surface area contributed by atoms with Crippen molar-refractivity contribution < 1.29 is 19.8 Å². The first-order valence-electron chi connectivity index (χ1n) is 5.26. The lowest BCUT2D eigenvalue weighted by Crippen LogP contribution is -2.24. The first kappa shape index (κ1) is 13.9. The third-order valence-corrected chi connectivity index (χ3v) is 1.95. The minimum absolute atomic E-state index is 0.0432. The quantitative estimate of drug-likeness (QED) is 0.491. The van der Waals surface area contributed by atoms with Crippen LogP contribution < -0.4 is 5.32 Å². The Morgan fingerprint density at radius 1 is 1.00 bits per heavy atom. The molecule has 5 nitrogen and oxygen atoms in total. The highest BCUT2D eigenvalue weighted by atomic mass is 16.4. The third-order valence-electron chi connectivity index (χ3n) is 1.95. The maximum atomic E-state index is 11.1. The number of aliphatic carboxylic acids is 1. The van der Waals surface area contributed by atoms with E-state index in [4.69, 9.17) is 10.2 Å². The van der Waals surface area contributed by atoms with Gasteiger partial charge in [0.05, 0.1) is 0 Å². The van der Waals surface area contributed by atoms with Crippen LogP contribution in [0.15, 0.2) is 0 Å². The maximum Gasteiger partial charge on any atom is 0.303 e. The fourth-order valence-corrected chi connectivity index (χ4v) is 1.11. The Bertz CT molecular complexity index is 194. The van der Waals surface area contributed by atoms with Crippen LogP contribution in [0.2, 0.25) is 0 Å². The van der Waals surface area contributed by atoms with Crippen molar-refractivity contribution in [2.45, 2.75) is 38.5 Å². The molecule has 88 valence electrons. The second-order valence-electron chi connectivity index (χ2n) is 3.38. The Hall–Kier alpha value is -1.10. The number of hydrogen-bond donors (Lipinski definition) is 3. The first-order chi connectivity index (χ1) is 7.16. The molecular formula is C10H19NO4. The second-order valence-corrected chi connectivity index (χ2v) is 3.38. The van der Waals surface area contributed by atoms with E-state index in [9.17, 15) is 9.59 Å². The number of amides is 1. The van der Waals surface area contributed by atoms with Crippen LogP contribution >= 0.6 is 0 Å². The topological polar surface area (TPSA) is 86.6 Å². The molecule has 0 aromatic rings. The van der Waals surface area contributed by atoms with Gasteiger partial charge in [-0.3, -0.25) is 9.59 Å². The number of hydrogen-bond acceptors (Lipinski definition) is 3. The lowest BCUT2D eigenvalue weighted by molar-refractivity contribution is -0.137. The molecule has 3 N–H and O–H groups in total. The molecule has 5 heteroatoms. The molecule has 0 saturated heterocycles. The standard InChI is InChI=1S/C10H19NO4/c12-8-4-3-7-11-9(13)5-1-2-6-10(14)15/h12H,1-8H2,(H,11,13)(H,14,15). The van der Waals surface area contributed by atoms with Gasteiger partial charge in [0.25, 0.3) is 0 Å². The van der Waals surface area contributed by atoms with Crippen molar-refractivity contribution in [3.63, 3.8) is 0 Å². The summed E-state index contributed by atoms with van der Waals surface area (Å²) < 4.78 is 0. The Labute approximate surface area is 89.5 Å². The van der Waals surface area contributed by atoms with E-state index in [0.29, 0.717) is 32.2 Å². The Balaban J connectivity index is 3.22. The van der Waals surface area contributed by atoms with Gasteiger partial charge in [0.1, 0.15) is 0 Å². The van der Waals surface area contributed by atoms with Crippen LogP contribution in [0.3, 0.4) is 0 Å². The molecule has 0 saturated carbocycles. The van der Waals surface area contributed by atoms with Crippen LogP contribution in [-0.2, 0) is 9.59 Å². The number of carboxylic acids is 1. The van der Waals surface area contributed by atoms with E-state index in [1.807, 2.05) is 0 Å². The lowest BCUT2D eigenvalue weighted by Gasteiger charge is -2.03. The SMILES string of the molecule is O=C(O)CCCCC(=O)NCCCCO. The van der Waals surface area contributed by atoms with E-state index < -0.39 is 5.97 Å². The van der Waals surface area contributed by atoms with Crippen molar-refractivity contribution in [3.8, 4) is 0 Å². The molecule has 0 aliphatic heterocycles. The van der Waals surface area contributed by atoms with Gasteiger partial charge in [-0.05, 0) is 25.7 Å². The molecule has 1 amide bonds. The summed E-state index contributed by atoms with van der Waals surface area (Å²) in [7, 11) is 0. The van der Waals surface area contributed by atoms with Gasteiger partial charge in [-0.2, -0.15) is 0 Å². The zero-order chi connectivity index (χ0) is 11.5. The van der Waals surface area contributed by atoms with E-state index in [0.717, 1.165) is 6.42 Å². The van der Waals surface area contributed by atoms with Crippen molar-refractivity contribution in [2.75, 3.05) is 13.2 Å². The molecule has 0 spiro atoms. The summed E-state index contributed by atoms with van der Waals surface area (Å²) in [4.78, 5) is 21.3. The van der Waals surface area contributed by atoms with Crippen LogP contribution in [-0.4, -0.2) is 35.2 Å². The Morgan fingerprint density at radius 3 is 2.27 bits per heavy atom. The number of nitrogens with one attached hydrogen (secondary N) is 1. The fraction of sp³-hybridized carbons (Fsp3) is 0.800. The average molecular weight is 217 g/mol. The summed E-state index contributed by atoms with van der Waals surface area (Å²) in [5.41, 5.74) is 0. The van der Waals surface area contributed by atoms with E-state index >= 15 is 0 Å². The van der Waals surface area contributed by atoms with Gasteiger partial charge >= 0.3 is 5.97 Å². The molecule has 0 aliphatic rings. The summed E-state index contributed by atoms with van der Waals surface area (Å²) in [6, 6.07) is 0. The first-order valence-corrected chi connectivity index (χ1v) is 5.26. The van der Waals surface area contributed by atoms with Gasteiger partial charge in [0.15, 0.2) is 0 Å². The van der Waals surface area contributed by atoms with Gasteiger partial charge in [-0.15, -0.1) is 0 Å². The molecule has 0 aromatic heterocycles. The zero-order valence-electron chi connectivity index (χ0n) is 8.87. The van der Waals surface area contributed by atoms with Gasteiger partial charge in [-0.25, -0.2) is 0 Å². The van der Waals surface area contributed by atoms with Crippen molar-refractivity contribution in [2.24, 2.45) is 0 Å². The lowest BCUT2D eigenvalue weighted by atomic mass is 10.2. The van der Waals surface area contributed by atoms with Gasteiger partial charge in [0, 0.05) is 26.0 Å². The highest BCUT2D eigenvalue weighted by Crippen LogP contribution is 1.99. The number of rotatable bonds is 9. The largest absolute Gasteiger partial charge is 0.481 e. The number of carboxylic acid groups (broad SMARTS) is 1. The molecule has 0 bridgehead atoms. The molecule has 0 rings (SSSR count). The van der Waals surface area contributed by atoms with E-state index in [2.05, 4.69) is 5.32 Å². The molecule has 0 aromatic carbocycles. The molecule has 0 heterocycles. The summed E-state index contributed by atoms with van der Waals surface area (Å²) in [6.45, 7) is 0.729. The summed E-state index contributed by atoms with van der Waals surface area (Å²) in [5.74, 6) is -0.864. The Morgan fingerprint density at radius 2 is 1.67 bits per heavy atom. The van der Waals surface area contributed by atoms with E-state index in [-0.39, 0.29) is 18.9 Å². The summed E-state index contributed by atoms with van der Waals surface area (Å²) >= 11 is 0. The molecule has 0 radical (unpaired) electrons. The van der Waals surface area contributed by atoms with E-state index in [1.165, 1.54) is 0 Å². The minimum Gasteiger partial charge on any atom is -0.481 e. The van der Waals surface area contributed by atoms with Crippen molar-refractivity contribution in [1.29, 1.82) is 0 Å². The summed E-state index contributed by atoms with van der Waals surface area (Å²) in [5, 5.41) is 19.6. The third kappa shape index (κ3) is 10.8. The van der Waals surface area contributed by atoms with Crippen LogP contribution in [0.5, 0.6) is 0 Å². The number of aliphatic hydroxyl groups excluding tert-OH is 1. The molecule has 0 unspecified atom stereocenters.